The summed E-state index contributed by atoms with van der Waals surface area (Å²) in [5.41, 5.74) is -0.338. The van der Waals surface area contributed by atoms with Gasteiger partial charge in [-0.1, -0.05) is 40.5 Å². The Hall–Kier alpha value is 0.200. The van der Waals surface area contributed by atoms with E-state index in [-0.39, 0.29) is 17.3 Å². The Balaban J connectivity index is 4.81. The Labute approximate surface area is 129 Å². The second-order valence-electron chi connectivity index (χ2n) is 6.43. The molecule has 0 amide bonds. The number of halogens is 1. The van der Waals surface area contributed by atoms with Crippen molar-refractivity contribution in [1.82, 2.24) is 0 Å². The van der Waals surface area contributed by atoms with Gasteiger partial charge in [-0.25, -0.2) is 8.42 Å². The van der Waals surface area contributed by atoms with Crippen molar-refractivity contribution in [1.29, 1.82) is 0 Å². The predicted octanol–water partition coefficient (Wildman–Crippen LogP) is 4.59. The van der Waals surface area contributed by atoms with Gasteiger partial charge >= 0.3 is 0 Å². The SMILES string of the molecule is CCCC(CCC)(COC(C)CC(C)C)CS(=O)(=O)Cl. The highest BCUT2D eigenvalue weighted by Crippen LogP contribution is 2.34. The van der Waals surface area contributed by atoms with Crippen LogP contribution in [-0.2, 0) is 13.8 Å². The number of hydrogen-bond acceptors (Lipinski definition) is 3. The van der Waals surface area contributed by atoms with Gasteiger partial charge in [-0.15, -0.1) is 0 Å². The van der Waals surface area contributed by atoms with Crippen LogP contribution in [0.1, 0.15) is 66.7 Å². The largest absolute Gasteiger partial charge is 0.378 e. The Morgan fingerprint density at radius 2 is 1.60 bits per heavy atom. The summed E-state index contributed by atoms with van der Waals surface area (Å²) in [7, 11) is 2.00. The maximum Gasteiger partial charge on any atom is 0.233 e. The van der Waals surface area contributed by atoms with Crippen LogP contribution in [0.4, 0.5) is 0 Å². The van der Waals surface area contributed by atoms with Crippen molar-refractivity contribution in [2.75, 3.05) is 12.4 Å². The lowest BCUT2D eigenvalue weighted by molar-refractivity contribution is -0.00901. The number of rotatable bonds is 11. The lowest BCUT2D eigenvalue weighted by Crippen LogP contribution is -2.35. The highest BCUT2D eigenvalue weighted by atomic mass is 35.7. The summed E-state index contributed by atoms with van der Waals surface area (Å²) in [6.45, 7) is 11.0. The Morgan fingerprint density at radius 3 is 1.95 bits per heavy atom. The van der Waals surface area contributed by atoms with Gasteiger partial charge in [-0.2, -0.15) is 0 Å². The van der Waals surface area contributed by atoms with Crippen LogP contribution in [-0.4, -0.2) is 26.9 Å². The molecule has 0 aromatic rings. The van der Waals surface area contributed by atoms with Crippen molar-refractivity contribution >= 4 is 19.7 Å². The average Bonchev–Trinajstić information content (AvgIpc) is 2.24. The molecule has 5 heteroatoms. The van der Waals surface area contributed by atoms with E-state index in [1.807, 2.05) is 0 Å². The molecule has 1 unspecified atom stereocenters. The highest BCUT2D eigenvalue weighted by molar-refractivity contribution is 8.13. The summed E-state index contributed by atoms with van der Waals surface area (Å²) in [5.74, 6) is 0.589. The summed E-state index contributed by atoms with van der Waals surface area (Å²) >= 11 is 0. The van der Waals surface area contributed by atoms with E-state index in [0.717, 1.165) is 32.1 Å². The molecular formula is C15H31ClO3S. The van der Waals surface area contributed by atoms with Gasteiger partial charge in [-0.05, 0) is 32.1 Å². The van der Waals surface area contributed by atoms with E-state index >= 15 is 0 Å². The molecule has 0 radical (unpaired) electrons. The summed E-state index contributed by atoms with van der Waals surface area (Å²) in [5, 5.41) is 0. The second kappa shape index (κ2) is 9.26. The van der Waals surface area contributed by atoms with Crippen LogP contribution >= 0.6 is 10.7 Å². The average molecular weight is 327 g/mol. The fourth-order valence-corrected chi connectivity index (χ4v) is 4.73. The third-order valence-corrected chi connectivity index (χ3v) is 4.80. The number of ether oxygens (including phenoxy) is 1. The molecule has 0 spiro atoms. The van der Waals surface area contributed by atoms with Crippen LogP contribution in [0.15, 0.2) is 0 Å². The van der Waals surface area contributed by atoms with Crippen LogP contribution in [0.5, 0.6) is 0 Å². The molecule has 20 heavy (non-hydrogen) atoms. The smallest absolute Gasteiger partial charge is 0.233 e. The van der Waals surface area contributed by atoms with Crippen LogP contribution in [0.3, 0.4) is 0 Å². The molecule has 0 fully saturated rings. The maximum absolute atomic E-state index is 11.5. The van der Waals surface area contributed by atoms with Crippen molar-refractivity contribution in [2.24, 2.45) is 11.3 Å². The molecule has 0 aromatic carbocycles. The van der Waals surface area contributed by atoms with E-state index in [0.29, 0.717) is 12.5 Å². The first-order valence-electron chi connectivity index (χ1n) is 7.68. The molecule has 0 N–H and O–H groups in total. The third kappa shape index (κ3) is 9.19. The fourth-order valence-electron chi connectivity index (χ4n) is 2.93. The van der Waals surface area contributed by atoms with Gasteiger partial charge in [0.15, 0.2) is 0 Å². The summed E-state index contributed by atoms with van der Waals surface area (Å²) in [4.78, 5) is 0. The standard InChI is InChI=1S/C15H31ClO3S/c1-6-8-15(9-7-2,12-20(16,17)18)11-19-14(5)10-13(3)4/h13-14H,6-12H2,1-5H3. The first-order chi connectivity index (χ1) is 9.14. The van der Waals surface area contributed by atoms with E-state index in [4.69, 9.17) is 15.4 Å². The van der Waals surface area contributed by atoms with Crippen LogP contribution in [0.25, 0.3) is 0 Å². The van der Waals surface area contributed by atoms with Crippen molar-refractivity contribution in [3.63, 3.8) is 0 Å². The Bertz CT molecular complexity index is 346. The molecule has 0 saturated heterocycles. The van der Waals surface area contributed by atoms with Crippen LogP contribution in [0, 0.1) is 11.3 Å². The molecule has 0 rings (SSSR count). The first-order valence-corrected chi connectivity index (χ1v) is 10.2. The van der Waals surface area contributed by atoms with Crippen LogP contribution < -0.4 is 0 Å². The van der Waals surface area contributed by atoms with E-state index in [1.54, 1.807) is 0 Å². The molecular weight excluding hydrogens is 296 g/mol. The van der Waals surface area contributed by atoms with Gasteiger partial charge in [0.2, 0.25) is 9.05 Å². The molecule has 3 nitrogen and oxygen atoms in total. The van der Waals surface area contributed by atoms with E-state index in [1.165, 1.54) is 0 Å². The lowest BCUT2D eigenvalue weighted by Gasteiger charge is -2.33. The first kappa shape index (κ1) is 20.2. The Morgan fingerprint density at radius 1 is 1.10 bits per heavy atom. The zero-order valence-electron chi connectivity index (χ0n) is 13.6. The molecule has 0 aliphatic rings. The van der Waals surface area contributed by atoms with Crippen molar-refractivity contribution in [2.45, 2.75) is 72.8 Å². The normalized spacial score (nSPS) is 14.8. The topological polar surface area (TPSA) is 43.4 Å². The van der Waals surface area contributed by atoms with Gasteiger partial charge in [0.05, 0.1) is 18.5 Å². The molecule has 0 aliphatic carbocycles. The van der Waals surface area contributed by atoms with Gasteiger partial charge in [0.25, 0.3) is 0 Å². The molecule has 122 valence electrons. The maximum atomic E-state index is 11.5. The van der Waals surface area contributed by atoms with Gasteiger partial charge in [0.1, 0.15) is 0 Å². The quantitative estimate of drug-likeness (QED) is 0.521. The van der Waals surface area contributed by atoms with E-state index in [9.17, 15) is 8.42 Å². The highest BCUT2D eigenvalue weighted by Gasteiger charge is 2.34. The van der Waals surface area contributed by atoms with Crippen molar-refractivity contribution < 1.29 is 13.2 Å². The minimum absolute atomic E-state index is 0.0115. The van der Waals surface area contributed by atoms with Gasteiger partial charge in [-0.3, -0.25) is 0 Å². The molecule has 0 aromatic heterocycles. The van der Waals surface area contributed by atoms with Crippen molar-refractivity contribution in [3.8, 4) is 0 Å². The fraction of sp³-hybridized carbons (Fsp3) is 1.00. The molecule has 0 saturated carbocycles. The molecule has 0 aliphatic heterocycles. The zero-order chi connectivity index (χ0) is 15.8. The lowest BCUT2D eigenvalue weighted by atomic mass is 9.82. The number of hydrogen-bond donors (Lipinski definition) is 0. The zero-order valence-corrected chi connectivity index (χ0v) is 15.2. The molecule has 1 atom stereocenters. The molecule has 0 bridgehead atoms. The summed E-state index contributed by atoms with van der Waals surface area (Å²) < 4.78 is 29.0. The monoisotopic (exact) mass is 326 g/mol. The Kier molecular flexibility index (Phi) is 9.36. The minimum atomic E-state index is -3.50. The van der Waals surface area contributed by atoms with Gasteiger partial charge < -0.3 is 4.74 Å². The second-order valence-corrected chi connectivity index (χ2v) is 9.21. The minimum Gasteiger partial charge on any atom is -0.378 e. The van der Waals surface area contributed by atoms with Gasteiger partial charge in [0, 0.05) is 16.1 Å². The van der Waals surface area contributed by atoms with Crippen LogP contribution in [0.2, 0.25) is 0 Å². The summed E-state index contributed by atoms with van der Waals surface area (Å²) in [6, 6.07) is 0. The summed E-state index contributed by atoms with van der Waals surface area (Å²) in [6.07, 6.45) is 4.69. The molecule has 0 heterocycles. The predicted molar refractivity (Wildman–Crippen MR) is 86.8 cm³/mol. The van der Waals surface area contributed by atoms with E-state index in [2.05, 4.69) is 34.6 Å². The third-order valence-electron chi connectivity index (χ3n) is 3.52. The van der Waals surface area contributed by atoms with Crippen molar-refractivity contribution in [3.05, 3.63) is 0 Å². The van der Waals surface area contributed by atoms with E-state index < -0.39 is 9.05 Å².